The molecular weight excluding hydrogens is 263 g/mol. The fraction of sp³-hybridized carbons (Fsp3) is 0.625. The van der Waals surface area contributed by atoms with Gasteiger partial charge in [0, 0.05) is 10.4 Å². The van der Waals surface area contributed by atoms with E-state index >= 15 is 0 Å². The van der Waals surface area contributed by atoms with E-state index in [9.17, 15) is 0 Å². The van der Waals surface area contributed by atoms with Crippen LogP contribution in [0.4, 0.5) is 0 Å². The highest BCUT2D eigenvalue weighted by atomic mass is 35.5. The van der Waals surface area contributed by atoms with Crippen molar-refractivity contribution >= 4 is 23.2 Å². The van der Waals surface area contributed by atoms with Crippen LogP contribution in [0.5, 0.6) is 0 Å². The van der Waals surface area contributed by atoms with Crippen LogP contribution in [0.1, 0.15) is 50.5 Å². The summed E-state index contributed by atoms with van der Waals surface area (Å²) >= 11 is 12.7. The number of hydrogen-bond acceptors (Lipinski definition) is 0. The summed E-state index contributed by atoms with van der Waals surface area (Å²) in [5.74, 6) is 0.831. The lowest BCUT2D eigenvalue weighted by molar-refractivity contribution is 0.419. The predicted molar refractivity (Wildman–Crippen MR) is 80.6 cm³/mol. The van der Waals surface area contributed by atoms with Crippen LogP contribution >= 0.6 is 23.2 Å². The Bertz CT molecular complexity index is 354. The van der Waals surface area contributed by atoms with Gasteiger partial charge >= 0.3 is 0 Å². The minimum atomic E-state index is 0.230. The number of hydrogen-bond donors (Lipinski definition) is 0. The zero-order valence-corrected chi connectivity index (χ0v) is 12.4. The molecule has 0 heterocycles. The molecule has 1 aliphatic rings. The molecule has 100 valence electrons. The van der Waals surface area contributed by atoms with Gasteiger partial charge in [0.05, 0.1) is 0 Å². The van der Waals surface area contributed by atoms with Gasteiger partial charge in [-0.25, -0.2) is 0 Å². The first-order valence-corrected chi connectivity index (χ1v) is 7.94. The SMILES string of the molecule is Clc1ccccc1CC(Cl)CC1CCCCCC1. The quantitative estimate of drug-likeness (QED) is 0.481. The second-order valence-corrected chi connectivity index (χ2v) is 6.51. The molecule has 0 aliphatic heterocycles. The summed E-state index contributed by atoms with van der Waals surface area (Å²) < 4.78 is 0. The van der Waals surface area contributed by atoms with E-state index in [1.165, 1.54) is 44.1 Å². The summed E-state index contributed by atoms with van der Waals surface area (Å²) in [4.78, 5) is 0. The molecule has 1 unspecified atom stereocenters. The van der Waals surface area contributed by atoms with Crippen LogP contribution in [0.2, 0.25) is 5.02 Å². The number of rotatable bonds is 4. The van der Waals surface area contributed by atoms with Gasteiger partial charge in [-0.05, 0) is 30.4 Å². The summed E-state index contributed by atoms with van der Waals surface area (Å²) in [6.45, 7) is 0. The molecule has 0 radical (unpaired) electrons. The zero-order chi connectivity index (χ0) is 12.8. The fourth-order valence-electron chi connectivity index (χ4n) is 2.95. The Morgan fingerprint density at radius 3 is 2.39 bits per heavy atom. The normalized spacial score (nSPS) is 19.4. The Hall–Kier alpha value is -0.200. The molecule has 0 N–H and O–H groups in total. The molecule has 1 saturated carbocycles. The summed E-state index contributed by atoms with van der Waals surface area (Å²) in [6.07, 6.45) is 10.4. The third kappa shape index (κ3) is 4.48. The predicted octanol–water partition coefficient (Wildman–Crippen LogP) is 5.85. The van der Waals surface area contributed by atoms with Crippen molar-refractivity contribution in [3.8, 4) is 0 Å². The van der Waals surface area contributed by atoms with E-state index in [-0.39, 0.29) is 5.38 Å². The Balaban J connectivity index is 1.84. The van der Waals surface area contributed by atoms with E-state index in [1.807, 2.05) is 18.2 Å². The summed E-state index contributed by atoms with van der Waals surface area (Å²) in [5, 5.41) is 1.08. The third-order valence-electron chi connectivity index (χ3n) is 3.96. The summed E-state index contributed by atoms with van der Waals surface area (Å²) in [5.41, 5.74) is 1.19. The number of halogens is 2. The van der Waals surface area contributed by atoms with E-state index < -0.39 is 0 Å². The Morgan fingerprint density at radius 2 is 1.72 bits per heavy atom. The molecule has 0 aromatic heterocycles. The summed E-state index contributed by atoms with van der Waals surface area (Å²) in [7, 11) is 0. The van der Waals surface area contributed by atoms with E-state index in [4.69, 9.17) is 23.2 Å². The minimum Gasteiger partial charge on any atom is -0.123 e. The molecule has 0 amide bonds. The second-order valence-electron chi connectivity index (χ2n) is 5.49. The smallest absolute Gasteiger partial charge is 0.0438 e. The average molecular weight is 285 g/mol. The molecule has 0 spiro atoms. The van der Waals surface area contributed by atoms with Gasteiger partial charge in [-0.2, -0.15) is 0 Å². The van der Waals surface area contributed by atoms with E-state index in [0.717, 1.165) is 23.8 Å². The molecule has 2 heteroatoms. The summed E-state index contributed by atoms with van der Waals surface area (Å²) in [6, 6.07) is 8.05. The monoisotopic (exact) mass is 284 g/mol. The van der Waals surface area contributed by atoms with Crippen molar-refractivity contribution in [3.63, 3.8) is 0 Å². The van der Waals surface area contributed by atoms with Crippen LogP contribution < -0.4 is 0 Å². The molecule has 1 aromatic carbocycles. The van der Waals surface area contributed by atoms with Crippen LogP contribution in [0.3, 0.4) is 0 Å². The Kier molecular flexibility index (Phi) is 5.85. The molecular formula is C16H22Cl2. The Labute approximate surface area is 121 Å². The average Bonchev–Trinajstić information content (AvgIpc) is 2.61. The maximum atomic E-state index is 6.52. The van der Waals surface area contributed by atoms with Crippen molar-refractivity contribution in [2.24, 2.45) is 5.92 Å². The standard InChI is InChI=1S/C16H22Cl2/c17-15(11-13-7-3-1-2-4-8-13)12-14-9-5-6-10-16(14)18/h5-6,9-10,13,15H,1-4,7-8,11-12H2. The zero-order valence-electron chi connectivity index (χ0n) is 10.9. The molecule has 0 nitrogen and oxygen atoms in total. The van der Waals surface area contributed by atoms with E-state index in [2.05, 4.69) is 6.07 Å². The fourth-order valence-corrected chi connectivity index (χ4v) is 3.58. The van der Waals surface area contributed by atoms with Gasteiger partial charge < -0.3 is 0 Å². The highest BCUT2D eigenvalue weighted by molar-refractivity contribution is 6.31. The first-order valence-electron chi connectivity index (χ1n) is 7.13. The molecule has 1 fully saturated rings. The second kappa shape index (κ2) is 7.40. The largest absolute Gasteiger partial charge is 0.123 e. The molecule has 1 aromatic rings. The van der Waals surface area contributed by atoms with Gasteiger partial charge in [0.1, 0.15) is 0 Å². The molecule has 0 saturated heterocycles. The van der Waals surface area contributed by atoms with Gasteiger partial charge in [0.25, 0.3) is 0 Å². The molecule has 1 aliphatic carbocycles. The van der Waals surface area contributed by atoms with Crippen LogP contribution in [0.15, 0.2) is 24.3 Å². The maximum Gasteiger partial charge on any atom is 0.0438 e. The van der Waals surface area contributed by atoms with Crippen LogP contribution in [0.25, 0.3) is 0 Å². The van der Waals surface area contributed by atoms with Crippen molar-refractivity contribution in [3.05, 3.63) is 34.9 Å². The highest BCUT2D eigenvalue weighted by Crippen LogP contribution is 2.29. The van der Waals surface area contributed by atoms with Crippen LogP contribution in [-0.4, -0.2) is 5.38 Å². The number of alkyl halides is 1. The molecule has 0 bridgehead atoms. The van der Waals surface area contributed by atoms with Gasteiger partial charge in [-0.3, -0.25) is 0 Å². The van der Waals surface area contributed by atoms with Crippen LogP contribution in [0, 0.1) is 5.92 Å². The third-order valence-corrected chi connectivity index (χ3v) is 4.66. The lowest BCUT2D eigenvalue weighted by Gasteiger charge is -2.18. The molecule has 2 rings (SSSR count). The maximum absolute atomic E-state index is 6.52. The lowest BCUT2D eigenvalue weighted by Crippen LogP contribution is -2.11. The molecule has 18 heavy (non-hydrogen) atoms. The van der Waals surface area contributed by atoms with E-state index in [0.29, 0.717) is 0 Å². The molecule has 1 atom stereocenters. The minimum absolute atomic E-state index is 0.230. The Morgan fingerprint density at radius 1 is 1.06 bits per heavy atom. The van der Waals surface area contributed by atoms with Gasteiger partial charge in [0.2, 0.25) is 0 Å². The number of benzene rings is 1. The van der Waals surface area contributed by atoms with E-state index in [1.54, 1.807) is 0 Å². The first kappa shape index (κ1) is 14.2. The highest BCUT2D eigenvalue weighted by Gasteiger charge is 2.17. The first-order chi connectivity index (χ1) is 8.75. The van der Waals surface area contributed by atoms with Crippen molar-refractivity contribution in [2.75, 3.05) is 0 Å². The lowest BCUT2D eigenvalue weighted by atomic mass is 9.93. The van der Waals surface area contributed by atoms with Crippen LogP contribution in [-0.2, 0) is 6.42 Å². The van der Waals surface area contributed by atoms with Crippen molar-refractivity contribution in [1.82, 2.24) is 0 Å². The topological polar surface area (TPSA) is 0 Å². The van der Waals surface area contributed by atoms with Crippen molar-refractivity contribution in [1.29, 1.82) is 0 Å². The van der Waals surface area contributed by atoms with Crippen molar-refractivity contribution < 1.29 is 0 Å². The van der Waals surface area contributed by atoms with Gasteiger partial charge in [-0.1, -0.05) is 68.3 Å². The van der Waals surface area contributed by atoms with Crippen molar-refractivity contribution in [2.45, 2.75) is 56.7 Å². The van der Waals surface area contributed by atoms with Gasteiger partial charge in [0.15, 0.2) is 0 Å². The van der Waals surface area contributed by atoms with Gasteiger partial charge in [-0.15, -0.1) is 11.6 Å².